The lowest BCUT2D eigenvalue weighted by Crippen LogP contribution is -2.44. The first-order valence-electron chi connectivity index (χ1n) is 7.17. The first-order valence-corrected chi connectivity index (χ1v) is 7.17. The number of piperidine rings is 1. The Kier molecular flexibility index (Phi) is 5.20. The van der Waals surface area contributed by atoms with Gasteiger partial charge in [-0.05, 0) is 31.5 Å². The summed E-state index contributed by atoms with van der Waals surface area (Å²) in [6.45, 7) is 2.13. The van der Waals surface area contributed by atoms with Crippen molar-refractivity contribution in [3.63, 3.8) is 0 Å². The van der Waals surface area contributed by atoms with Crippen molar-refractivity contribution in [2.45, 2.75) is 18.9 Å². The highest BCUT2D eigenvalue weighted by Gasteiger charge is 2.21. The van der Waals surface area contributed by atoms with Crippen molar-refractivity contribution in [1.82, 2.24) is 15.3 Å². The maximum atomic E-state index is 4.79. The molecule has 2 heterocycles. The molecule has 0 bridgehead atoms. The van der Waals surface area contributed by atoms with Gasteiger partial charge in [-0.25, -0.2) is 9.97 Å². The summed E-state index contributed by atoms with van der Waals surface area (Å²) in [5, 5.41) is 6.62. The van der Waals surface area contributed by atoms with Crippen molar-refractivity contribution < 1.29 is 0 Å². The lowest BCUT2D eigenvalue weighted by molar-refractivity contribution is 0.443. The summed E-state index contributed by atoms with van der Waals surface area (Å²) >= 11 is 0. The van der Waals surface area contributed by atoms with E-state index in [9.17, 15) is 0 Å². The van der Waals surface area contributed by atoms with Crippen LogP contribution in [0.5, 0.6) is 0 Å². The van der Waals surface area contributed by atoms with Crippen molar-refractivity contribution in [2.24, 2.45) is 0 Å². The lowest BCUT2D eigenvalue weighted by Gasteiger charge is -2.33. The molecule has 1 saturated heterocycles. The SMILES string of the molecule is CNc1nc2ccccc2nc1N(C)[C@@H]1CCCNC1.Cl. The molecule has 0 radical (unpaired) electrons. The molecule has 1 aliphatic rings. The maximum absolute atomic E-state index is 4.79. The molecule has 1 aromatic carbocycles. The van der Waals surface area contributed by atoms with Gasteiger partial charge in [-0.15, -0.1) is 12.4 Å². The molecule has 6 heteroatoms. The lowest BCUT2D eigenvalue weighted by atomic mass is 10.1. The smallest absolute Gasteiger partial charge is 0.172 e. The van der Waals surface area contributed by atoms with Crippen LogP contribution in [0.25, 0.3) is 11.0 Å². The average molecular weight is 308 g/mol. The van der Waals surface area contributed by atoms with Crippen LogP contribution in [0, 0.1) is 0 Å². The van der Waals surface area contributed by atoms with Crippen molar-refractivity contribution >= 4 is 35.1 Å². The van der Waals surface area contributed by atoms with Gasteiger partial charge in [0.2, 0.25) is 0 Å². The second-order valence-corrected chi connectivity index (χ2v) is 5.25. The van der Waals surface area contributed by atoms with Gasteiger partial charge in [-0.3, -0.25) is 0 Å². The number of halogens is 1. The number of anilines is 2. The Bertz CT molecular complexity index is 598. The zero-order valence-electron chi connectivity index (χ0n) is 12.5. The molecule has 1 fully saturated rings. The largest absolute Gasteiger partial charge is 0.370 e. The van der Waals surface area contributed by atoms with Gasteiger partial charge >= 0.3 is 0 Å². The third-order valence-electron chi connectivity index (χ3n) is 3.94. The van der Waals surface area contributed by atoms with Crippen LogP contribution in [0.1, 0.15) is 12.8 Å². The molecular formula is C15H22ClN5. The molecule has 2 N–H and O–H groups in total. The van der Waals surface area contributed by atoms with Crippen molar-refractivity contribution in [3.8, 4) is 0 Å². The predicted octanol–water partition coefficient (Wildman–Crippen LogP) is 2.28. The van der Waals surface area contributed by atoms with Crippen LogP contribution in [0.3, 0.4) is 0 Å². The van der Waals surface area contributed by atoms with Gasteiger partial charge < -0.3 is 15.5 Å². The van der Waals surface area contributed by atoms with Gasteiger partial charge in [-0.1, -0.05) is 12.1 Å². The van der Waals surface area contributed by atoms with E-state index in [0.29, 0.717) is 6.04 Å². The number of aromatic nitrogens is 2. The highest BCUT2D eigenvalue weighted by molar-refractivity contribution is 5.85. The number of fused-ring (bicyclic) bond motifs is 1. The molecule has 0 amide bonds. The normalized spacial score (nSPS) is 18.1. The van der Waals surface area contributed by atoms with Gasteiger partial charge in [0.1, 0.15) is 0 Å². The number of hydrogen-bond donors (Lipinski definition) is 2. The van der Waals surface area contributed by atoms with E-state index in [-0.39, 0.29) is 12.4 Å². The van der Waals surface area contributed by atoms with E-state index in [4.69, 9.17) is 4.98 Å². The van der Waals surface area contributed by atoms with Crippen LogP contribution in [-0.2, 0) is 0 Å². The van der Waals surface area contributed by atoms with E-state index in [2.05, 4.69) is 27.6 Å². The first kappa shape index (κ1) is 15.8. The summed E-state index contributed by atoms with van der Waals surface area (Å²) < 4.78 is 0. The van der Waals surface area contributed by atoms with E-state index >= 15 is 0 Å². The fraction of sp³-hybridized carbons (Fsp3) is 0.467. The van der Waals surface area contributed by atoms with Crippen molar-refractivity contribution in [2.75, 3.05) is 37.4 Å². The molecule has 0 saturated carbocycles. The molecule has 0 aliphatic carbocycles. The molecule has 1 aromatic heterocycles. The van der Waals surface area contributed by atoms with Gasteiger partial charge in [0.25, 0.3) is 0 Å². The minimum Gasteiger partial charge on any atom is -0.370 e. The Morgan fingerprint density at radius 2 is 1.95 bits per heavy atom. The van der Waals surface area contributed by atoms with E-state index < -0.39 is 0 Å². The Morgan fingerprint density at radius 3 is 2.57 bits per heavy atom. The van der Waals surface area contributed by atoms with Crippen LogP contribution < -0.4 is 15.5 Å². The molecule has 3 rings (SSSR count). The molecule has 114 valence electrons. The van der Waals surface area contributed by atoms with Gasteiger partial charge in [0.05, 0.1) is 11.0 Å². The summed E-state index contributed by atoms with van der Waals surface area (Å²) in [5.41, 5.74) is 1.87. The zero-order valence-corrected chi connectivity index (χ0v) is 13.3. The number of likely N-dealkylation sites (N-methyl/N-ethyl adjacent to an activating group) is 1. The highest BCUT2D eigenvalue weighted by atomic mass is 35.5. The Labute approximate surface area is 131 Å². The second-order valence-electron chi connectivity index (χ2n) is 5.25. The fourth-order valence-corrected chi connectivity index (χ4v) is 2.74. The standard InChI is InChI=1S/C15H21N5.ClH/c1-16-14-15(20(2)11-6-5-9-17-10-11)19-13-8-4-3-7-12(13)18-14;/h3-4,7-8,11,17H,5-6,9-10H2,1-2H3,(H,16,18);1H/t11-;/m1./s1. The first-order chi connectivity index (χ1) is 9.79. The van der Waals surface area contributed by atoms with Crippen LogP contribution in [-0.4, -0.2) is 43.2 Å². The summed E-state index contributed by atoms with van der Waals surface area (Å²) in [6, 6.07) is 8.48. The minimum atomic E-state index is 0. The molecule has 5 nitrogen and oxygen atoms in total. The number of para-hydroxylation sites is 2. The Balaban J connectivity index is 0.00000161. The Hall–Kier alpha value is -1.59. The second kappa shape index (κ2) is 6.91. The van der Waals surface area contributed by atoms with Crippen LogP contribution in [0.4, 0.5) is 11.6 Å². The number of hydrogen-bond acceptors (Lipinski definition) is 5. The van der Waals surface area contributed by atoms with E-state index in [1.807, 2.05) is 31.3 Å². The minimum absolute atomic E-state index is 0. The molecule has 21 heavy (non-hydrogen) atoms. The van der Waals surface area contributed by atoms with E-state index in [1.54, 1.807) is 0 Å². The van der Waals surface area contributed by atoms with E-state index in [1.165, 1.54) is 12.8 Å². The number of nitrogens with one attached hydrogen (secondary N) is 2. The Morgan fingerprint density at radius 1 is 1.24 bits per heavy atom. The average Bonchev–Trinajstić information content (AvgIpc) is 2.53. The monoisotopic (exact) mass is 307 g/mol. The van der Waals surface area contributed by atoms with Gasteiger partial charge in [-0.2, -0.15) is 0 Å². The van der Waals surface area contributed by atoms with Crippen LogP contribution >= 0.6 is 12.4 Å². The molecular weight excluding hydrogens is 286 g/mol. The third-order valence-corrected chi connectivity index (χ3v) is 3.94. The molecule has 0 spiro atoms. The number of nitrogens with zero attached hydrogens (tertiary/aromatic N) is 3. The molecule has 1 atom stereocenters. The third kappa shape index (κ3) is 3.19. The van der Waals surface area contributed by atoms with Crippen LogP contribution in [0.15, 0.2) is 24.3 Å². The highest BCUT2D eigenvalue weighted by Crippen LogP contribution is 2.26. The predicted molar refractivity (Wildman–Crippen MR) is 90.6 cm³/mol. The summed E-state index contributed by atoms with van der Waals surface area (Å²) in [6.07, 6.45) is 2.41. The van der Waals surface area contributed by atoms with Crippen molar-refractivity contribution in [1.29, 1.82) is 0 Å². The van der Waals surface area contributed by atoms with Gasteiger partial charge in [0, 0.05) is 26.7 Å². The summed E-state index contributed by atoms with van der Waals surface area (Å²) in [4.78, 5) is 11.7. The maximum Gasteiger partial charge on any atom is 0.172 e. The van der Waals surface area contributed by atoms with Crippen molar-refractivity contribution in [3.05, 3.63) is 24.3 Å². The quantitative estimate of drug-likeness (QED) is 0.911. The van der Waals surface area contributed by atoms with Gasteiger partial charge in [0.15, 0.2) is 11.6 Å². The molecule has 1 aliphatic heterocycles. The number of benzene rings is 1. The van der Waals surface area contributed by atoms with E-state index in [0.717, 1.165) is 35.8 Å². The zero-order chi connectivity index (χ0) is 13.9. The summed E-state index contributed by atoms with van der Waals surface area (Å²) in [7, 11) is 4.01. The fourth-order valence-electron chi connectivity index (χ4n) is 2.74. The molecule has 0 unspecified atom stereocenters. The number of rotatable bonds is 3. The summed E-state index contributed by atoms with van der Waals surface area (Å²) in [5.74, 6) is 1.77. The molecule has 2 aromatic rings. The topological polar surface area (TPSA) is 53.1 Å². The van der Waals surface area contributed by atoms with Crippen LogP contribution in [0.2, 0.25) is 0 Å².